The van der Waals surface area contributed by atoms with E-state index in [1.54, 1.807) is 0 Å². The standard InChI is InChI=1S/C11H21NO2/c1-11(2,3)14-10(13)7-9-5-6-12(4)8-9/h9H,5-8H2,1-4H3. The Morgan fingerprint density at radius 2 is 2.14 bits per heavy atom. The van der Waals surface area contributed by atoms with Gasteiger partial charge < -0.3 is 9.64 Å². The van der Waals surface area contributed by atoms with Crippen LogP contribution in [-0.4, -0.2) is 36.6 Å². The number of carbonyl (C=O) groups is 1. The Morgan fingerprint density at radius 3 is 2.57 bits per heavy atom. The monoisotopic (exact) mass is 199 g/mol. The summed E-state index contributed by atoms with van der Waals surface area (Å²) in [7, 11) is 2.09. The zero-order chi connectivity index (χ0) is 10.8. The van der Waals surface area contributed by atoms with Crippen molar-refractivity contribution in [1.29, 1.82) is 0 Å². The molecule has 0 radical (unpaired) electrons. The van der Waals surface area contributed by atoms with Gasteiger partial charge in [0.15, 0.2) is 0 Å². The van der Waals surface area contributed by atoms with E-state index in [0.717, 1.165) is 19.5 Å². The lowest BCUT2D eigenvalue weighted by molar-refractivity contribution is -0.155. The number of likely N-dealkylation sites (tertiary alicyclic amines) is 1. The molecule has 1 saturated heterocycles. The van der Waals surface area contributed by atoms with Crippen molar-refractivity contribution in [2.75, 3.05) is 20.1 Å². The van der Waals surface area contributed by atoms with Gasteiger partial charge in [0.2, 0.25) is 0 Å². The molecule has 0 aromatic heterocycles. The van der Waals surface area contributed by atoms with Crippen molar-refractivity contribution in [3.05, 3.63) is 0 Å². The van der Waals surface area contributed by atoms with Crippen LogP contribution in [0.3, 0.4) is 0 Å². The largest absolute Gasteiger partial charge is 0.460 e. The first-order chi connectivity index (χ1) is 6.37. The second-order valence-corrected chi connectivity index (χ2v) is 5.21. The fourth-order valence-corrected chi connectivity index (χ4v) is 1.81. The number of ether oxygens (including phenoxy) is 1. The Hall–Kier alpha value is -0.570. The van der Waals surface area contributed by atoms with Crippen LogP contribution >= 0.6 is 0 Å². The molecule has 0 aromatic carbocycles. The van der Waals surface area contributed by atoms with E-state index in [-0.39, 0.29) is 11.6 Å². The molecule has 1 fully saturated rings. The quantitative estimate of drug-likeness (QED) is 0.634. The van der Waals surface area contributed by atoms with Crippen molar-refractivity contribution in [3.63, 3.8) is 0 Å². The smallest absolute Gasteiger partial charge is 0.306 e. The number of rotatable bonds is 2. The van der Waals surface area contributed by atoms with Gasteiger partial charge in [0.25, 0.3) is 0 Å². The van der Waals surface area contributed by atoms with Crippen LogP contribution in [0.1, 0.15) is 33.6 Å². The summed E-state index contributed by atoms with van der Waals surface area (Å²) < 4.78 is 5.28. The van der Waals surface area contributed by atoms with E-state index in [2.05, 4.69) is 11.9 Å². The predicted molar refractivity (Wildman–Crippen MR) is 56.1 cm³/mol. The van der Waals surface area contributed by atoms with Crippen LogP contribution in [0.5, 0.6) is 0 Å². The number of nitrogens with zero attached hydrogens (tertiary/aromatic N) is 1. The second kappa shape index (κ2) is 4.30. The van der Waals surface area contributed by atoms with Gasteiger partial charge in [0.1, 0.15) is 5.60 Å². The van der Waals surface area contributed by atoms with Crippen LogP contribution < -0.4 is 0 Å². The lowest BCUT2D eigenvalue weighted by atomic mass is 10.1. The second-order valence-electron chi connectivity index (χ2n) is 5.21. The molecule has 0 spiro atoms. The van der Waals surface area contributed by atoms with Crippen molar-refractivity contribution in [2.45, 2.75) is 39.2 Å². The van der Waals surface area contributed by atoms with Crippen LogP contribution in [0.25, 0.3) is 0 Å². The molecule has 1 atom stereocenters. The molecule has 0 saturated carbocycles. The minimum atomic E-state index is -0.346. The molecule has 82 valence electrons. The summed E-state index contributed by atoms with van der Waals surface area (Å²) >= 11 is 0. The summed E-state index contributed by atoms with van der Waals surface area (Å²) in [6.45, 7) is 7.86. The highest BCUT2D eigenvalue weighted by molar-refractivity contribution is 5.70. The van der Waals surface area contributed by atoms with Gasteiger partial charge in [-0.05, 0) is 46.7 Å². The molecule has 3 nitrogen and oxygen atoms in total. The maximum absolute atomic E-state index is 11.5. The van der Waals surface area contributed by atoms with Gasteiger partial charge in [0, 0.05) is 13.0 Å². The molecule has 0 aliphatic carbocycles. The molecule has 1 aliphatic rings. The fraction of sp³-hybridized carbons (Fsp3) is 0.909. The van der Waals surface area contributed by atoms with Crippen LogP contribution in [-0.2, 0) is 9.53 Å². The molecule has 0 N–H and O–H groups in total. The summed E-state index contributed by atoms with van der Waals surface area (Å²) in [6, 6.07) is 0. The van der Waals surface area contributed by atoms with Crippen LogP contribution in [0, 0.1) is 5.92 Å². The Bertz CT molecular complexity index is 208. The van der Waals surface area contributed by atoms with Gasteiger partial charge in [-0.2, -0.15) is 0 Å². The van der Waals surface area contributed by atoms with Gasteiger partial charge in [-0.3, -0.25) is 4.79 Å². The molecule has 1 unspecified atom stereocenters. The average molecular weight is 199 g/mol. The highest BCUT2D eigenvalue weighted by Crippen LogP contribution is 2.20. The van der Waals surface area contributed by atoms with Gasteiger partial charge in [-0.1, -0.05) is 0 Å². The van der Waals surface area contributed by atoms with Crippen molar-refractivity contribution in [2.24, 2.45) is 5.92 Å². The van der Waals surface area contributed by atoms with Crippen LogP contribution in [0.4, 0.5) is 0 Å². The highest BCUT2D eigenvalue weighted by Gasteiger charge is 2.24. The summed E-state index contributed by atoms with van der Waals surface area (Å²) in [5, 5.41) is 0. The van der Waals surface area contributed by atoms with Crippen molar-refractivity contribution >= 4 is 5.97 Å². The maximum atomic E-state index is 11.5. The molecular formula is C11H21NO2. The molecule has 1 rings (SSSR count). The normalized spacial score (nSPS) is 23.9. The van der Waals surface area contributed by atoms with E-state index < -0.39 is 0 Å². The molecule has 3 heteroatoms. The first-order valence-corrected chi connectivity index (χ1v) is 5.27. The predicted octanol–water partition coefficient (Wildman–Crippen LogP) is 1.67. The van der Waals surface area contributed by atoms with Crippen molar-refractivity contribution in [1.82, 2.24) is 4.90 Å². The SMILES string of the molecule is CN1CCC(CC(=O)OC(C)(C)C)C1. The Kier molecular flexibility index (Phi) is 3.53. The van der Waals surface area contributed by atoms with Gasteiger partial charge in [-0.25, -0.2) is 0 Å². The molecule has 1 heterocycles. The molecule has 1 aliphatic heterocycles. The fourth-order valence-electron chi connectivity index (χ4n) is 1.81. The number of esters is 1. The number of hydrogen-bond donors (Lipinski definition) is 0. The van der Waals surface area contributed by atoms with E-state index in [1.165, 1.54) is 0 Å². The van der Waals surface area contributed by atoms with Gasteiger partial charge in [-0.15, -0.1) is 0 Å². The van der Waals surface area contributed by atoms with Gasteiger partial charge >= 0.3 is 5.97 Å². The molecule has 0 aromatic rings. The van der Waals surface area contributed by atoms with E-state index >= 15 is 0 Å². The average Bonchev–Trinajstić information content (AvgIpc) is 2.30. The van der Waals surface area contributed by atoms with Crippen molar-refractivity contribution in [3.8, 4) is 0 Å². The van der Waals surface area contributed by atoms with E-state index in [1.807, 2.05) is 20.8 Å². The van der Waals surface area contributed by atoms with Gasteiger partial charge in [0.05, 0.1) is 0 Å². The summed E-state index contributed by atoms with van der Waals surface area (Å²) in [4.78, 5) is 13.7. The molecule has 0 bridgehead atoms. The minimum Gasteiger partial charge on any atom is -0.460 e. The topological polar surface area (TPSA) is 29.5 Å². The highest BCUT2D eigenvalue weighted by atomic mass is 16.6. The molecule has 14 heavy (non-hydrogen) atoms. The van der Waals surface area contributed by atoms with Crippen LogP contribution in [0.2, 0.25) is 0 Å². The molecular weight excluding hydrogens is 178 g/mol. The summed E-state index contributed by atoms with van der Waals surface area (Å²) in [5.74, 6) is 0.438. The summed E-state index contributed by atoms with van der Waals surface area (Å²) in [5.41, 5.74) is -0.346. The van der Waals surface area contributed by atoms with Crippen molar-refractivity contribution < 1.29 is 9.53 Å². The summed E-state index contributed by atoms with van der Waals surface area (Å²) in [6.07, 6.45) is 1.69. The Balaban J connectivity index is 2.27. The number of carbonyl (C=O) groups excluding carboxylic acids is 1. The first-order valence-electron chi connectivity index (χ1n) is 5.27. The third-order valence-electron chi connectivity index (χ3n) is 2.36. The van der Waals surface area contributed by atoms with Crippen LogP contribution in [0.15, 0.2) is 0 Å². The zero-order valence-corrected chi connectivity index (χ0v) is 9.67. The Labute approximate surface area is 86.4 Å². The maximum Gasteiger partial charge on any atom is 0.306 e. The Morgan fingerprint density at radius 1 is 1.50 bits per heavy atom. The minimum absolute atomic E-state index is 0.0576. The first kappa shape index (κ1) is 11.5. The molecule has 0 amide bonds. The van der Waals surface area contributed by atoms with E-state index in [4.69, 9.17) is 4.74 Å². The lowest BCUT2D eigenvalue weighted by Gasteiger charge is -2.20. The lowest BCUT2D eigenvalue weighted by Crippen LogP contribution is -2.25. The third-order valence-corrected chi connectivity index (χ3v) is 2.36. The zero-order valence-electron chi connectivity index (χ0n) is 9.67. The third kappa shape index (κ3) is 4.09. The van der Waals surface area contributed by atoms with E-state index in [9.17, 15) is 4.79 Å². The van der Waals surface area contributed by atoms with E-state index in [0.29, 0.717) is 12.3 Å². The number of hydrogen-bond acceptors (Lipinski definition) is 3.